The molecule has 0 bridgehead atoms. The van der Waals surface area contributed by atoms with Crippen LogP contribution in [0.25, 0.3) is 10.8 Å². The lowest BCUT2D eigenvalue weighted by molar-refractivity contribution is 0.251. The number of benzene rings is 2. The molecule has 0 saturated carbocycles. The molecule has 3 N–H and O–H groups in total. The van der Waals surface area contributed by atoms with Gasteiger partial charge in [0.15, 0.2) is 0 Å². The van der Waals surface area contributed by atoms with Crippen molar-refractivity contribution in [3.63, 3.8) is 0 Å². The Labute approximate surface area is 127 Å². The predicted octanol–water partition coefficient (Wildman–Crippen LogP) is 2.85. The number of nitrogens with one attached hydrogen (secondary N) is 3. The summed E-state index contributed by atoms with van der Waals surface area (Å²) in [6, 6.07) is 16.4. The number of amides is 2. The van der Waals surface area contributed by atoms with Crippen molar-refractivity contribution in [1.29, 1.82) is 0 Å². The average molecular weight is 293 g/mol. The van der Waals surface area contributed by atoms with E-state index in [1.165, 1.54) is 0 Å². The fourth-order valence-corrected chi connectivity index (χ4v) is 2.22. The Balaban J connectivity index is 1.68. The molecule has 0 unspecified atom stereocenters. The van der Waals surface area contributed by atoms with E-state index >= 15 is 0 Å². The van der Waals surface area contributed by atoms with Gasteiger partial charge in [0.1, 0.15) is 0 Å². The van der Waals surface area contributed by atoms with Crippen molar-refractivity contribution in [3.8, 4) is 0 Å². The molecule has 0 radical (unpaired) electrons. The van der Waals surface area contributed by atoms with Crippen molar-refractivity contribution in [2.45, 2.75) is 6.54 Å². The summed E-state index contributed by atoms with van der Waals surface area (Å²) >= 11 is 0. The molecule has 0 saturated heterocycles. The van der Waals surface area contributed by atoms with E-state index in [0.29, 0.717) is 17.6 Å². The first-order valence-corrected chi connectivity index (χ1v) is 6.92. The number of hydrogen-bond donors (Lipinski definition) is 3. The number of carbonyl (C=O) groups is 1. The fraction of sp³-hybridized carbons (Fsp3) is 0.0588. The summed E-state index contributed by atoms with van der Waals surface area (Å²) in [4.78, 5) is 26.1. The molecule has 3 aromatic rings. The molecule has 0 fully saturated rings. The van der Waals surface area contributed by atoms with Gasteiger partial charge >= 0.3 is 6.03 Å². The summed E-state index contributed by atoms with van der Waals surface area (Å²) in [5, 5.41) is 6.93. The zero-order valence-corrected chi connectivity index (χ0v) is 11.8. The lowest BCUT2D eigenvalue weighted by atomic mass is 10.1. The summed E-state index contributed by atoms with van der Waals surface area (Å²) in [5.41, 5.74) is 1.53. The normalized spacial score (nSPS) is 10.4. The van der Waals surface area contributed by atoms with Crippen LogP contribution in [0.5, 0.6) is 0 Å². The molecule has 0 aliphatic heterocycles. The number of fused-ring (bicyclic) bond motifs is 1. The van der Waals surface area contributed by atoms with Crippen LogP contribution in [0.3, 0.4) is 0 Å². The summed E-state index contributed by atoms with van der Waals surface area (Å²) in [6.07, 6.45) is 1.59. The smallest absolute Gasteiger partial charge is 0.319 e. The maximum absolute atomic E-state index is 11.9. The molecule has 1 heterocycles. The van der Waals surface area contributed by atoms with Gasteiger partial charge in [0, 0.05) is 23.8 Å². The summed E-state index contributed by atoms with van der Waals surface area (Å²) in [7, 11) is 0. The third-order valence-electron chi connectivity index (χ3n) is 3.33. The van der Waals surface area contributed by atoms with Gasteiger partial charge in [-0.25, -0.2) is 4.79 Å². The van der Waals surface area contributed by atoms with Crippen LogP contribution in [-0.4, -0.2) is 11.0 Å². The van der Waals surface area contributed by atoms with Gasteiger partial charge in [-0.05, 0) is 35.2 Å². The van der Waals surface area contributed by atoms with Gasteiger partial charge in [-0.2, -0.15) is 0 Å². The van der Waals surface area contributed by atoms with Crippen molar-refractivity contribution < 1.29 is 4.79 Å². The molecule has 5 heteroatoms. The van der Waals surface area contributed by atoms with E-state index in [0.717, 1.165) is 10.9 Å². The SMILES string of the molecule is O=C(NCc1ccccc1)Nc1ccc2c(=O)[nH]ccc2c1. The number of aromatic nitrogens is 1. The molecule has 3 rings (SSSR count). The topological polar surface area (TPSA) is 74.0 Å². The summed E-state index contributed by atoms with van der Waals surface area (Å²) < 4.78 is 0. The first-order chi connectivity index (χ1) is 10.7. The van der Waals surface area contributed by atoms with Crippen LogP contribution in [0.15, 0.2) is 65.6 Å². The zero-order chi connectivity index (χ0) is 15.4. The van der Waals surface area contributed by atoms with Crippen LogP contribution in [0.4, 0.5) is 10.5 Å². The van der Waals surface area contributed by atoms with Gasteiger partial charge in [0.05, 0.1) is 0 Å². The van der Waals surface area contributed by atoms with Crippen LogP contribution in [0.2, 0.25) is 0 Å². The maximum Gasteiger partial charge on any atom is 0.319 e. The summed E-state index contributed by atoms with van der Waals surface area (Å²) in [6.45, 7) is 0.458. The predicted molar refractivity (Wildman–Crippen MR) is 86.9 cm³/mol. The highest BCUT2D eigenvalue weighted by molar-refractivity contribution is 5.93. The molecular weight excluding hydrogens is 278 g/mol. The molecule has 0 atom stereocenters. The minimum Gasteiger partial charge on any atom is -0.334 e. The van der Waals surface area contributed by atoms with Crippen LogP contribution >= 0.6 is 0 Å². The number of H-pyrrole nitrogens is 1. The van der Waals surface area contributed by atoms with Gasteiger partial charge in [-0.15, -0.1) is 0 Å². The summed E-state index contributed by atoms with van der Waals surface area (Å²) in [5.74, 6) is 0. The van der Waals surface area contributed by atoms with Gasteiger partial charge in [-0.3, -0.25) is 4.79 Å². The lowest BCUT2D eigenvalue weighted by Gasteiger charge is -2.08. The molecule has 0 aliphatic carbocycles. The van der Waals surface area contributed by atoms with E-state index < -0.39 is 0 Å². The van der Waals surface area contributed by atoms with Crippen LogP contribution < -0.4 is 16.2 Å². The van der Waals surface area contributed by atoms with Crippen LogP contribution in [0, 0.1) is 0 Å². The molecule has 2 aromatic carbocycles. The number of rotatable bonds is 3. The van der Waals surface area contributed by atoms with Gasteiger partial charge in [0.25, 0.3) is 5.56 Å². The Morgan fingerprint density at radius 1 is 1.05 bits per heavy atom. The van der Waals surface area contributed by atoms with Crippen molar-refractivity contribution in [3.05, 3.63) is 76.7 Å². The molecule has 1 aromatic heterocycles. The fourth-order valence-electron chi connectivity index (χ4n) is 2.22. The van der Waals surface area contributed by atoms with E-state index in [4.69, 9.17) is 0 Å². The van der Waals surface area contributed by atoms with Crippen LogP contribution in [-0.2, 0) is 6.54 Å². The second kappa shape index (κ2) is 6.13. The Bertz CT molecular complexity index is 856. The Morgan fingerprint density at radius 2 is 1.86 bits per heavy atom. The monoisotopic (exact) mass is 293 g/mol. The molecular formula is C17H15N3O2. The third kappa shape index (κ3) is 3.15. The standard InChI is InChI=1S/C17H15N3O2/c21-16-15-7-6-14(10-13(15)8-9-18-16)20-17(22)19-11-12-4-2-1-3-5-12/h1-10H,11H2,(H,18,21)(H2,19,20,22). The molecule has 110 valence electrons. The molecule has 2 amide bonds. The van der Waals surface area contributed by atoms with Gasteiger partial charge in [-0.1, -0.05) is 30.3 Å². The Kier molecular flexibility index (Phi) is 3.87. The molecule has 0 aliphatic rings. The van der Waals surface area contributed by atoms with Crippen molar-refractivity contribution in [2.75, 3.05) is 5.32 Å². The average Bonchev–Trinajstić information content (AvgIpc) is 2.54. The van der Waals surface area contributed by atoms with E-state index in [-0.39, 0.29) is 11.6 Å². The highest BCUT2D eigenvalue weighted by Gasteiger charge is 2.04. The zero-order valence-electron chi connectivity index (χ0n) is 11.8. The van der Waals surface area contributed by atoms with Crippen molar-refractivity contribution in [2.24, 2.45) is 0 Å². The number of carbonyl (C=O) groups excluding carboxylic acids is 1. The maximum atomic E-state index is 11.9. The van der Waals surface area contributed by atoms with E-state index in [1.807, 2.05) is 30.3 Å². The Morgan fingerprint density at radius 3 is 2.68 bits per heavy atom. The van der Waals surface area contributed by atoms with E-state index in [2.05, 4.69) is 15.6 Å². The molecule has 5 nitrogen and oxygen atoms in total. The lowest BCUT2D eigenvalue weighted by Crippen LogP contribution is -2.28. The third-order valence-corrected chi connectivity index (χ3v) is 3.33. The number of pyridine rings is 1. The number of hydrogen-bond acceptors (Lipinski definition) is 2. The first-order valence-electron chi connectivity index (χ1n) is 6.92. The van der Waals surface area contributed by atoms with Crippen molar-refractivity contribution in [1.82, 2.24) is 10.3 Å². The van der Waals surface area contributed by atoms with Crippen LogP contribution in [0.1, 0.15) is 5.56 Å². The highest BCUT2D eigenvalue weighted by atomic mass is 16.2. The number of anilines is 1. The molecule has 0 spiro atoms. The van der Waals surface area contributed by atoms with E-state index in [1.54, 1.807) is 30.5 Å². The highest BCUT2D eigenvalue weighted by Crippen LogP contribution is 2.15. The quantitative estimate of drug-likeness (QED) is 0.694. The second-order valence-corrected chi connectivity index (χ2v) is 4.90. The number of urea groups is 1. The first kappa shape index (κ1) is 13.9. The second-order valence-electron chi connectivity index (χ2n) is 4.90. The number of aromatic amines is 1. The minimum absolute atomic E-state index is 0.141. The minimum atomic E-state index is -0.284. The molecule has 22 heavy (non-hydrogen) atoms. The van der Waals surface area contributed by atoms with E-state index in [9.17, 15) is 9.59 Å². The van der Waals surface area contributed by atoms with Crippen molar-refractivity contribution >= 4 is 22.5 Å². The van der Waals surface area contributed by atoms with Gasteiger partial charge in [0.2, 0.25) is 0 Å². The Hall–Kier alpha value is -3.08. The van der Waals surface area contributed by atoms with Gasteiger partial charge < -0.3 is 15.6 Å². The largest absolute Gasteiger partial charge is 0.334 e.